The lowest BCUT2D eigenvalue weighted by atomic mass is 10.1. The first-order valence-corrected chi connectivity index (χ1v) is 9.24. The summed E-state index contributed by atoms with van der Waals surface area (Å²) in [5.41, 5.74) is 3.25. The minimum absolute atomic E-state index is 0.319. The lowest BCUT2D eigenvalue weighted by Gasteiger charge is -2.10. The molecule has 1 heterocycles. The molecule has 0 spiro atoms. The maximum atomic E-state index is 12.0. The highest BCUT2D eigenvalue weighted by Gasteiger charge is 2.10. The Hall–Kier alpha value is -3.41. The molecule has 6 heteroatoms. The molecule has 0 atom stereocenters. The monoisotopic (exact) mass is 378 g/mol. The second kappa shape index (κ2) is 8.99. The number of esters is 1. The van der Waals surface area contributed by atoms with E-state index in [-0.39, 0.29) is 5.97 Å². The smallest absolute Gasteiger partial charge is 0.338 e. The number of carbonyl (C=O) groups is 1. The van der Waals surface area contributed by atoms with Crippen molar-refractivity contribution >= 4 is 22.9 Å². The average molecular weight is 378 g/mol. The van der Waals surface area contributed by atoms with Crippen molar-refractivity contribution in [3.8, 4) is 0 Å². The third-order valence-corrected chi connectivity index (χ3v) is 4.47. The maximum absolute atomic E-state index is 12.0. The topological polar surface area (TPSA) is 74.4 Å². The van der Waals surface area contributed by atoms with Crippen LogP contribution in [0, 0.1) is 10.1 Å². The molecule has 0 aliphatic rings. The SMILES string of the molecule is CCCCOC(=O)c1ccc(Cn2c(/C=C/[N+](=O)[O-])cc3ccccc32)cc1. The van der Waals surface area contributed by atoms with E-state index in [9.17, 15) is 14.9 Å². The van der Waals surface area contributed by atoms with Crippen LogP contribution in [0.1, 0.15) is 41.4 Å². The first-order chi connectivity index (χ1) is 13.6. The molecule has 3 rings (SSSR count). The van der Waals surface area contributed by atoms with Gasteiger partial charge in [0.2, 0.25) is 6.20 Å². The van der Waals surface area contributed by atoms with E-state index in [1.165, 1.54) is 6.08 Å². The van der Waals surface area contributed by atoms with Gasteiger partial charge in [0.1, 0.15) is 0 Å². The van der Waals surface area contributed by atoms with Gasteiger partial charge >= 0.3 is 5.97 Å². The third kappa shape index (κ3) is 4.65. The summed E-state index contributed by atoms with van der Waals surface area (Å²) in [7, 11) is 0. The molecule has 0 radical (unpaired) electrons. The predicted molar refractivity (Wildman–Crippen MR) is 109 cm³/mol. The van der Waals surface area contributed by atoms with Crippen molar-refractivity contribution in [1.82, 2.24) is 4.57 Å². The van der Waals surface area contributed by atoms with E-state index >= 15 is 0 Å². The van der Waals surface area contributed by atoms with E-state index in [2.05, 4.69) is 0 Å². The van der Waals surface area contributed by atoms with Gasteiger partial charge in [0.05, 0.1) is 17.1 Å². The lowest BCUT2D eigenvalue weighted by molar-refractivity contribution is -0.401. The van der Waals surface area contributed by atoms with E-state index in [1.54, 1.807) is 12.1 Å². The summed E-state index contributed by atoms with van der Waals surface area (Å²) in [6.07, 6.45) is 4.27. The molecule has 0 unspecified atom stereocenters. The number of unbranched alkanes of at least 4 members (excludes halogenated alkanes) is 1. The number of fused-ring (bicyclic) bond motifs is 1. The average Bonchev–Trinajstić information content (AvgIpc) is 3.04. The molecular weight excluding hydrogens is 356 g/mol. The Morgan fingerprint density at radius 3 is 2.64 bits per heavy atom. The zero-order valence-electron chi connectivity index (χ0n) is 15.7. The van der Waals surface area contributed by atoms with Crippen LogP contribution in [0.3, 0.4) is 0 Å². The molecule has 28 heavy (non-hydrogen) atoms. The van der Waals surface area contributed by atoms with Crippen LogP contribution < -0.4 is 0 Å². The molecule has 1 aromatic heterocycles. The standard InChI is InChI=1S/C22H22N2O4/c1-2-3-14-28-22(25)18-10-8-17(9-11-18)16-23-20(12-13-24(26)27)15-19-6-4-5-7-21(19)23/h4-13,15H,2-3,14,16H2,1H3/b13-12+. The van der Waals surface area contributed by atoms with Gasteiger partial charge in [-0.2, -0.15) is 0 Å². The first kappa shape index (κ1) is 19.4. The Morgan fingerprint density at radius 1 is 1.18 bits per heavy atom. The summed E-state index contributed by atoms with van der Waals surface area (Å²) < 4.78 is 7.25. The minimum atomic E-state index is -0.471. The maximum Gasteiger partial charge on any atom is 0.338 e. The van der Waals surface area contributed by atoms with Crippen molar-refractivity contribution in [2.75, 3.05) is 6.61 Å². The number of hydrogen-bond donors (Lipinski definition) is 0. The minimum Gasteiger partial charge on any atom is -0.462 e. The van der Waals surface area contributed by atoms with Gasteiger partial charge in [0.25, 0.3) is 0 Å². The number of nitrogens with zero attached hydrogens (tertiary/aromatic N) is 2. The number of rotatable bonds is 8. The summed E-state index contributed by atoms with van der Waals surface area (Å²) in [6, 6.07) is 17.0. The van der Waals surface area contributed by atoms with Gasteiger partial charge in [0.15, 0.2) is 0 Å². The Kier molecular flexibility index (Phi) is 6.22. The highest BCUT2D eigenvalue weighted by Crippen LogP contribution is 2.22. The number of hydrogen-bond acceptors (Lipinski definition) is 4. The molecular formula is C22H22N2O4. The van der Waals surface area contributed by atoms with E-state index in [0.29, 0.717) is 18.7 Å². The van der Waals surface area contributed by atoms with Gasteiger partial charge in [-0.1, -0.05) is 43.7 Å². The number of nitro groups is 1. The van der Waals surface area contributed by atoms with Gasteiger partial charge in [0, 0.05) is 29.2 Å². The van der Waals surface area contributed by atoms with E-state index in [4.69, 9.17) is 4.74 Å². The molecule has 0 aliphatic carbocycles. The fraction of sp³-hybridized carbons (Fsp3) is 0.227. The Balaban J connectivity index is 1.83. The van der Waals surface area contributed by atoms with E-state index in [1.807, 2.05) is 54.0 Å². The molecule has 0 saturated carbocycles. The van der Waals surface area contributed by atoms with Crippen molar-refractivity contribution in [3.63, 3.8) is 0 Å². The molecule has 0 saturated heterocycles. The quantitative estimate of drug-likeness (QED) is 0.242. The van der Waals surface area contributed by atoms with Gasteiger partial charge in [-0.15, -0.1) is 0 Å². The molecule has 144 valence electrons. The van der Waals surface area contributed by atoms with Crippen LogP contribution in [0.2, 0.25) is 0 Å². The number of aromatic nitrogens is 1. The van der Waals surface area contributed by atoms with Crippen LogP contribution in [0.15, 0.2) is 60.8 Å². The second-order valence-electron chi connectivity index (χ2n) is 6.50. The molecule has 6 nitrogen and oxygen atoms in total. The van der Waals surface area contributed by atoms with Crippen molar-refractivity contribution in [2.45, 2.75) is 26.3 Å². The fourth-order valence-electron chi connectivity index (χ4n) is 3.00. The lowest BCUT2D eigenvalue weighted by Crippen LogP contribution is -2.07. The zero-order chi connectivity index (χ0) is 19.9. The summed E-state index contributed by atoms with van der Waals surface area (Å²) in [6.45, 7) is 3.01. The first-order valence-electron chi connectivity index (χ1n) is 9.24. The summed E-state index contributed by atoms with van der Waals surface area (Å²) in [5, 5.41) is 11.7. The summed E-state index contributed by atoms with van der Waals surface area (Å²) in [5.74, 6) is -0.319. The Morgan fingerprint density at radius 2 is 1.93 bits per heavy atom. The van der Waals surface area contributed by atoms with Crippen LogP contribution in [0.25, 0.3) is 17.0 Å². The van der Waals surface area contributed by atoms with E-state index < -0.39 is 4.92 Å². The van der Waals surface area contributed by atoms with Crippen LogP contribution in [0.4, 0.5) is 0 Å². The van der Waals surface area contributed by atoms with Crippen molar-refractivity contribution in [3.05, 3.63) is 87.7 Å². The Labute approximate surface area is 163 Å². The van der Waals surface area contributed by atoms with Crippen molar-refractivity contribution < 1.29 is 14.5 Å². The highest BCUT2D eigenvalue weighted by atomic mass is 16.6. The molecule has 0 N–H and O–H groups in total. The fourth-order valence-corrected chi connectivity index (χ4v) is 3.00. The zero-order valence-corrected chi connectivity index (χ0v) is 15.7. The van der Waals surface area contributed by atoms with Gasteiger partial charge < -0.3 is 9.30 Å². The highest BCUT2D eigenvalue weighted by molar-refractivity contribution is 5.89. The van der Waals surface area contributed by atoms with Gasteiger partial charge in [-0.3, -0.25) is 10.1 Å². The van der Waals surface area contributed by atoms with Gasteiger partial charge in [-0.05, 0) is 36.2 Å². The largest absolute Gasteiger partial charge is 0.462 e. The summed E-state index contributed by atoms with van der Waals surface area (Å²) >= 11 is 0. The van der Waals surface area contributed by atoms with Crippen LogP contribution in [-0.4, -0.2) is 22.1 Å². The molecule has 0 fully saturated rings. The number of benzene rings is 2. The number of carbonyl (C=O) groups excluding carboxylic acids is 1. The second-order valence-corrected chi connectivity index (χ2v) is 6.50. The molecule has 3 aromatic rings. The third-order valence-electron chi connectivity index (χ3n) is 4.47. The normalized spacial score (nSPS) is 11.2. The molecule has 0 amide bonds. The number of ether oxygens (including phenoxy) is 1. The van der Waals surface area contributed by atoms with Crippen LogP contribution in [0.5, 0.6) is 0 Å². The number of para-hydroxylation sites is 1. The van der Waals surface area contributed by atoms with Crippen molar-refractivity contribution in [1.29, 1.82) is 0 Å². The summed E-state index contributed by atoms with van der Waals surface area (Å²) in [4.78, 5) is 22.3. The molecule has 2 aromatic carbocycles. The Bertz CT molecular complexity index is 1000. The predicted octanol–water partition coefficient (Wildman–Crippen LogP) is 4.89. The molecule has 0 aliphatic heterocycles. The van der Waals surface area contributed by atoms with Gasteiger partial charge in [-0.25, -0.2) is 4.79 Å². The van der Waals surface area contributed by atoms with Crippen LogP contribution >= 0.6 is 0 Å². The van der Waals surface area contributed by atoms with Crippen LogP contribution in [-0.2, 0) is 11.3 Å². The van der Waals surface area contributed by atoms with Crippen molar-refractivity contribution in [2.24, 2.45) is 0 Å². The van der Waals surface area contributed by atoms with E-state index in [0.717, 1.165) is 41.2 Å². The molecule has 0 bridgehead atoms.